The van der Waals surface area contributed by atoms with Crippen LogP contribution in [0.25, 0.3) is 11.1 Å². The monoisotopic (exact) mass is 720 g/mol. The van der Waals surface area contributed by atoms with Crippen molar-refractivity contribution in [3.8, 4) is 11.1 Å². The van der Waals surface area contributed by atoms with Crippen LogP contribution in [0.4, 0.5) is 11.4 Å². The van der Waals surface area contributed by atoms with E-state index in [9.17, 15) is 9.59 Å². The van der Waals surface area contributed by atoms with Crippen LogP contribution in [0, 0.1) is 20.8 Å². The standard InChI is InChI=1S/C42H56N6O3Si/c1-10-20-43-25-31-17-18-38(44-26-31)40(49)46-35-15-11-13-32(29(35)3)33-14-12-16-36(30(33)4)47-41(50)39-24-28(2)34-27-48(21-19-37(34)45-39)22-23-51-52(8,9)42(5,6)7/h11-18,24,26,43H,10,19-23,25,27H2,1-9H3,(H,46,49)(H,47,50). The summed E-state index contributed by atoms with van der Waals surface area (Å²) in [4.78, 5) is 38.5. The van der Waals surface area contributed by atoms with Gasteiger partial charge in [0.15, 0.2) is 8.32 Å². The summed E-state index contributed by atoms with van der Waals surface area (Å²) in [5.74, 6) is -0.490. The second kappa shape index (κ2) is 16.6. The number of pyridine rings is 2. The fraction of sp³-hybridized carbons (Fsp3) is 0.429. The van der Waals surface area contributed by atoms with E-state index >= 15 is 0 Å². The van der Waals surface area contributed by atoms with Crippen LogP contribution in [0.2, 0.25) is 18.1 Å². The van der Waals surface area contributed by atoms with Crippen molar-refractivity contribution in [2.75, 3.05) is 36.9 Å². The molecule has 0 bridgehead atoms. The predicted octanol–water partition coefficient (Wildman–Crippen LogP) is 8.45. The van der Waals surface area contributed by atoms with Crippen molar-refractivity contribution in [1.82, 2.24) is 20.2 Å². The molecule has 2 amide bonds. The molecular weight excluding hydrogens is 665 g/mol. The van der Waals surface area contributed by atoms with E-state index in [1.165, 1.54) is 5.56 Å². The third-order valence-electron chi connectivity index (χ3n) is 10.7. The van der Waals surface area contributed by atoms with Crippen molar-refractivity contribution in [1.29, 1.82) is 0 Å². The predicted molar refractivity (Wildman–Crippen MR) is 215 cm³/mol. The number of aryl methyl sites for hydroxylation is 1. The lowest BCUT2D eigenvalue weighted by molar-refractivity contribution is 0.101. The van der Waals surface area contributed by atoms with Gasteiger partial charge in [0.25, 0.3) is 11.8 Å². The zero-order valence-corrected chi connectivity index (χ0v) is 33.5. The highest BCUT2D eigenvalue weighted by Crippen LogP contribution is 2.37. The van der Waals surface area contributed by atoms with Gasteiger partial charge in [-0.15, -0.1) is 0 Å². The average molecular weight is 721 g/mol. The smallest absolute Gasteiger partial charge is 0.274 e. The first-order valence-corrected chi connectivity index (χ1v) is 21.4. The van der Waals surface area contributed by atoms with E-state index in [-0.39, 0.29) is 16.9 Å². The number of hydrogen-bond acceptors (Lipinski definition) is 7. The highest BCUT2D eigenvalue weighted by atomic mass is 28.4. The van der Waals surface area contributed by atoms with E-state index in [0.29, 0.717) is 17.1 Å². The van der Waals surface area contributed by atoms with Crippen molar-refractivity contribution in [2.24, 2.45) is 0 Å². The maximum absolute atomic E-state index is 13.6. The van der Waals surface area contributed by atoms with E-state index in [4.69, 9.17) is 9.41 Å². The summed E-state index contributed by atoms with van der Waals surface area (Å²) in [5, 5.41) is 9.73. The summed E-state index contributed by atoms with van der Waals surface area (Å²) in [6.07, 6.45) is 3.61. The van der Waals surface area contributed by atoms with Crippen LogP contribution < -0.4 is 16.0 Å². The molecule has 0 aliphatic carbocycles. The Morgan fingerprint density at radius 2 is 1.54 bits per heavy atom. The first kappa shape index (κ1) is 39.0. The van der Waals surface area contributed by atoms with E-state index in [0.717, 1.165) is 96.9 Å². The van der Waals surface area contributed by atoms with E-state index in [1.54, 1.807) is 12.3 Å². The minimum absolute atomic E-state index is 0.194. The normalized spacial score (nSPS) is 13.5. The molecule has 10 heteroatoms. The van der Waals surface area contributed by atoms with Crippen LogP contribution in [0.15, 0.2) is 60.8 Å². The molecule has 4 aromatic rings. The quantitative estimate of drug-likeness (QED) is 0.0940. The van der Waals surface area contributed by atoms with Gasteiger partial charge < -0.3 is 20.4 Å². The number of rotatable bonds is 13. The maximum Gasteiger partial charge on any atom is 0.274 e. The molecule has 0 spiro atoms. The summed E-state index contributed by atoms with van der Waals surface area (Å²) >= 11 is 0. The van der Waals surface area contributed by atoms with Crippen LogP contribution in [0.1, 0.15) is 88.6 Å². The maximum atomic E-state index is 13.6. The molecule has 0 radical (unpaired) electrons. The fourth-order valence-corrected chi connectivity index (χ4v) is 7.31. The summed E-state index contributed by atoms with van der Waals surface area (Å²) < 4.78 is 6.44. The van der Waals surface area contributed by atoms with Gasteiger partial charge in [-0.3, -0.25) is 19.5 Å². The van der Waals surface area contributed by atoms with Crippen molar-refractivity contribution in [2.45, 2.75) is 92.5 Å². The number of nitrogens with one attached hydrogen (secondary N) is 3. The molecule has 2 aromatic heterocycles. The first-order chi connectivity index (χ1) is 24.7. The third-order valence-corrected chi connectivity index (χ3v) is 15.2. The van der Waals surface area contributed by atoms with Crippen molar-refractivity contribution < 1.29 is 14.0 Å². The van der Waals surface area contributed by atoms with Crippen LogP contribution in [0.3, 0.4) is 0 Å². The minimum atomic E-state index is -1.78. The van der Waals surface area contributed by atoms with Gasteiger partial charge in [-0.2, -0.15) is 0 Å². The highest BCUT2D eigenvalue weighted by molar-refractivity contribution is 6.74. The minimum Gasteiger partial charge on any atom is -0.416 e. The molecule has 3 heterocycles. The Morgan fingerprint density at radius 1 is 0.904 bits per heavy atom. The molecule has 0 fully saturated rings. The van der Waals surface area contributed by atoms with Crippen LogP contribution in [0.5, 0.6) is 0 Å². The van der Waals surface area contributed by atoms with Gasteiger partial charge in [0, 0.05) is 62.5 Å². The Labute approximate surface area is 311 Å². The molecular formula is C42H56N6O3Si. The Bertz CT molecular complexity index is 1900. The Hall–Kier alpha value is -4.22. The Morgan fingerprint density at radius 3 is 2.12 bits per heavy atom. The van der Waals surface area contributed by atoms with Gasteiger partial charge in [0.2, 0.25) is 0 Å². The summed E-state index contributed by atoms with van der Waals surface area (Å²) in [6.45, 7) is 24.6. The number of carbonyl (C=O) groups excluding carboxylic acids is 2. The number of hydrogen-bond donors (Lipinski definition) is 3. The molecule has 0 atom stereocenters. The lowest BCUT2D eigenvalue weighted by atomic mass is 9.94. The zero-order valence-electron chi connectivity index (χ0n) is 32.5. The topological polar surface area (TPSA) is 108 Å². The summed E-state index contributed by atoms with van der Waals surface area (Å²) in [5.41, 5.74) is 10.4. The number of benzene rings is 2. The molecule has 0 unspecified atom stereocenters. The molecule has 2 aromatic carbocycles. The number of fused-ring (bicyclic) bond motifs is 1. The van der Waals surface area contributed by atoms with Gasteiger partial charge in [-0.05, 0) is 115 Å². The largest absolute Gasteiger partial charge is 0.416 e. The molecule has 1 aliphatic rings. The van der Waals surface area contributed by atoms with Gasteiger partial charge in [-0.25, -0.2) is 4.98 Å². The van der Waals surface area contributed by atoms with Crippen molar-refractivity contribution in [3.05, 3.63) is 106 Å². The number of amides is 2. The molecule has 276 valence electrons. The Balaban J connectivity index is 1.25. The second-order valence-electron chi connectivity index (χ2n) is 15.5. The number of carbonyl (C=O) groups is 2. The van der Waals surface area contributed by atoms with Crippen LogP contribution >= 0.6 is 0 Å². The SMILES string of the molecule is CCCNCc1ccc(C(=O)Nc2cccc(-c3cccc(NC(=O)c4cc(C)c5c(n4)CCN(CCO[Si](C)(C)C(C)(C)C)C5)c3C)c2C)nc1. The van der Waals surface area contributed by atoms with Crippen molar-refractivity contribution in [3.63, 3.8) is 0 Å². The number of aromatic nitrogens is 2. The van der Waals surface area contributed by atoms with Gasteiger partial charge >= 0.3 is 0 Å². The Kier molecular flexibility index (Phi) is 12.5. The van der Waals surface area contributed by atoms with Crippen LogP contribution in [-0.2, 0) is 23.9 Å². The summed E-state index contributed by atoms with van der Waals surface area (Å²) in [7, 11) is -1.78. The lowest BCUT2D eigenvalue weighted by Crippen LogP contribution is -2.43. The van der Waals surface area contributed by atoms with Gasteiger partial charge in [0.05, 0.1) is 0 Å². The van der Waals surface area contributed by atoms with Gasteiger partial charge in [-0.1, -0.05) is 58.0 Å². The summed E-state index contributed by atoms with van der Waals surface area (Å²) in [6, 6.07) is 17.4. The third kappa shape index (κ3) is 9.22. The number of anilines is 2. The fourth-order valence-electron chi connectivity index (χ4n) is 6.28. The second-order valence-corrected chi connectivity index (χ2v) is 20.3. The molecule has 3 N–H and O–H groups in total. The van der Waals surface area contributed by atoms with E-state index in [2.05, 4.69) is 73.5 Å². The van der Waals surface area contributed by atoms with E-state index < -0.39 is 8.32 Å². The zero-order chi connectivity index (χ0) is 37.6. The highest BCUT2D eigenvalue weighted by Gasteiger charge is 2.37. The molecule has 5 rings (SSSR count). The molecule has 1 aliphatic heterocycles. The lowest BCUT2D eigenvalue weighted by Gasteiger charge is -2.37. The van der Waals surface area contributed by atoms with Crippen LogP contribution in [-0.4, -0.2) is 61.2 Å². The molecule has 0 saturated heterocycles. The first-order valence-electron chi connectivity index (χ1n) is 18.5. The van der Waals surface area contributed by atoms with Gasteiger partial charge in [0.1, 0.15) is 11.4 Å². The van der Waals surface area contributed by atoms with Crippen molar-refractivity contribution >= 4 is 31.5 Å². The average Bonchev–Trinajstić information content (AvgIpc) is 3.10. The number of nitrogens with zero attached hydrogens (tertiary/aromatic N) is 3. The molecule has 0 saturated carbocycles. The van der Waals surface area contributed by atoms with E-state index in [1.807, 2.05) is 62.4 Å². The molecule has 52 heavy (non-hydrogen) atoms. The molecule has 9 nitrogen and oxygen atoms in total.